The third kappa shape index (κ3) is 44.9. The number of aliphatic hydroxyl groups excluding tert-OH is 1. The minimum Gasteiger partial charge on any atom is -0.626 e. The molecule has 0 rings (SSSR count). The molecule has 0 aliphatic heterocycles. The zero-order valence-corrected chi connectivity index (χ0v) is 14.6. The number of nitrogens with one attached hydrogen (secondary N) is 1. The molecule has 142 valence electrons. The molecule has 0 aromatic rings. The lowest BCUT2D eigenvalue weighted by molar-refractivity contribution is -0.369. The van der Waals surface area contributed by atoms with E-state index in [1.54, 1.807) is 0 Å². The van der Waals surface area contributed by atoms with Crippen LogP contribution in [0.1, 0.15) is 0 Å². The second-order valence-corrected chi connectivity index (χ2v) is 11.0. The molecule has 0 spiro atoms. The summed E-state index contributed by atoms with van der Waals surface area (Å²) in [5.74, 6) is -2.75. The smallest absolute Gasteiger partial charge is 0.337 e. The molecule has 0 fully saturated rings. The van der Waals surface area contributed by atoms with Crippen molar-refractivity contribution in [2.45, 2.75) is 0 Å². The SMILES string of the molecule is O=P(O)(O)CP(=O)(O)O.O=P(O)(O)CP(=O)(O)O.[O-][NH+]=CCO. The van der Waals surface area contributed by atoms with Crippen LogP contribution in [0, 0.1) is 5.21 Å². The van der Waals surface area contributed by atoms with Gasteiger partial charge in [0, 0.05) is 0 Å². The van der Waals surface area contributed by atoms with Crippen molar-refractivity contribution in [3.63, 3.8) is 0 Å². The third-order valence-corrected chi connectivity index (χ3v) is 6.81. The molecule has 0 aromatic heterocycles. The van der Waals surface area contributed by atoms with Gasteiger partial charge >= 0.3 is 30.4 Å². The van der Waals surface area contributed by atoms with Gasteiger partial charge in [0.05, 0.1) is 0 Å². The molecule has 0 atom stereocenters. The van der Waals surface area contributed by atoms with E-state index in [2.05, 4.69) is 0 Å². The molecule has 0 unspecified atom stereocenters. The molecule has 0 amide bonds. The van der Waals surface area contributed by atoms with E-state index >= 15 is 0 Å². The van der Waals surface area contributed by atoms with E-state index in [4.69, 9.17) is 49.5 Å². The van der Waals surface area contributed by atoms with E-state index in [0.29, 0.717) is 0 Å². The standard InChI is InChI=1S/C2H5NO2.2CH6O6P2/c4-2-1-3-5;2*2-8(3,4)1-9(5,6)7/h1,3-4H,2H2;2*1H2,(H2,2,3,4)(H2,5,6,7). The Kier molecular flexibility index (Phi) is 14.0. The van der Waals surface area contributed by atoms with Crippen LogP contribution < -0.4 is 5.16 Å². The fourth-order valence-corrected chi connectivity index (χ4v) is 4.36. The third-order valence-electron chi connectivity index (χ3n) is 0.912. The molecule has 0 aromatic carbocycles. The van der Waals surface area contributed by atoms with E-state index in [9.17, 15) is 18.3 Å². The molecule has 0 radical (unpaired) electrons. The Balaban J connectivity index is -0.000000273. The van der Waals surface area contributed by atoms with Crippen LogP contribution in [0.4, 0.5) is 0 Å². The van der Waals surface area contributed by atoms with Gasteiger partial charge in [0.2, 0.25) is 0 Å². The van der Waals surface area contributed by atoms with Crippen molar-refractivity contribution >= 4 is 36.6 Å². The van der Waals surface area contributed by atoms with E-state index in [-0.39, 0.29) is 6.61 Å². The predicted octanol–water partition coefficient (Wildman–Crippen LogP) is -3.77. The van der Waals surface area contributed by atoms with E-state index in [1.807, 2.05) is 0 Å². The Labute approximate surface area is 128 Å². The maximum atomic E-state index is 9.85. The molecule has 10 N–H and O–H groups in total. The molecule has 0 heterocycles. The molecular weight excluding hydrogens is 410 g/mol. The van der Waals surface area contributed by atoms with Crippen LogP contribution in [-0.2, 0) is 18.3 Å². The van der Waals surface area contributed by atoms with Crippen molar-refractivity contribution in [1.29, 1.82) is 0 Å². The average Bonchev–Trinajstić information content (AvgIpc) is 2.07. The summed E-state index contributed by atoms with van der Waals surface area (Å²) in [6.07, 6.45) is 1.00. The van der Waals surface area contributed by atoms with Crippen LogP contribution in [0.5, 0.6) is 0 Å². The molecule has 0 saturated heterocycles. The maximum Gasteiger partial charge on any atom is 0.337 e. The molecular formula is C4H17NO14P4. The fraction of sp³-hybridized carbons (Fsp3) is 0.750. The Morgan fingerprint density at radius 3 is 0.913 bits per heavy atom. The average molecular weight is 427 g/mol. The van der Waals surface area contributed by atoms with Crippen LogP contribution in [0.3, 0.4) is 0 Å². The maximum absolute atomic E-state index is 9.85. The van der Waals surface area contributed by atoms with Crippen LogP contribution in [0.2, 0.25) is 0 Å². The van der Waals surface area contributed by atoms with E-state index in [1.165, 1.54) is 5.16 Å². The van der Waals surface area contributed by atoms with Gasteiger partial charge in [-0.15, -0.1) is 0 Å². The summed E-state index contributed by atoms with van der Waals surface area (Å²) in [5, 5.41) is 18.2. The Morgan fingerprint density at radius 2 is 0.913 bits per heavy atom. The zero-order chi connectivity index (χ0) is 19.5. The molecule has 23 heavy (non-hydrogen) atoms. The van der Waals surface area contributed by atoms with Crippen molar-refractivity contribution < 1.29 is 67.7 Å². The fourth-order valence-electron chi connectivity index (χ4n) is 0.517. The van der Waals surface area contributed by atoms with Crippen LogP contribution >= 0.6 is 30.4 Å². The first-order valence-electron chi connectivity index (χ1n) is 4.81. The van der Waals surface area contributed by atoms with Gasteiger partial charge in [0.15, 0.2) is 18.0 Å². The van der Waals surface area contributed by atoms with Gasteiger partial charge in [-0.2, -0.15) is 0 Å². The van der Waals surface area contributed by atoms with Gasteiger partial charge in [-0.1, -0.05) is 0 Å². The predicted molar refractivity (Wildman–Crippen MR) is 75.4 cm³/mol. The second-order valence-electron chi connectivity index (χ2n) is 3.45. The van der Waals surface area contributed by atoms with Crippen molar-refractivity contribution in [2.75, 3.05) is 18.4 Å². The lowest BCUT2D eigenvalue weighted by atomic mass is 10.8. The minimum atomic E-state index is -4.55. The van der Waals surface area contributed by atoms with Gasteiger partial charge in [0.1, 0.15) is 6.61 Å². The van der Waals surface area contributed by atoms with Crippen LogP contribution in [0.15, 0.2) is 0 Å². The zero-order valence-electron chi connectivity index (χ0n) is 11.1. The molecule has 0 aliphatic rings. The van der Waals surface area contributed by atoms with Gasteiger partial charge < -0.3 is 49.5 Å². The lowest BCUT2D eigenvalue weighted by Crippen LogP contribution is -2.60. The highest BCUT2D eigenvalue weighted by Crippen LogP contribution is 2.52. The molecule has 15 nitrogen and oxygen atoms in total. The van der Waals surface area contributed by atoms with E-state index in [0.717, 1.165) is 6.21 Å². The molecule has 0 saturated carbocycles. The number of rotatable bonds is 5. The second kappa shape index (κ2) is 11.6. The van der Waals surface area contributed by atoms with Crippen LogP contribution in [0.25, 0.3) is 0 Å². The summed E-state index contributed by atoms with van der Waals surface area (Å²) in [4.78, 5) is 63.8. The van der Waals surface area contributed by atoms with Crippen molar-refractivity contribution in [1.82, 2.24) is 0 Å². The van der Waals surface area contributed by atoms with Gasteiger partial charge in [-0.3, -0.25) is 18.3 Å². The Morgan fingerprint density at radius 1 is 0.696 bits per heavy atom. The highest BCUT2D eigenvalue weighted by Gasteiger charge is 2.27. The summed E-state index contributed by atoms with van der Waals surface area (Å²) in [7, 11) is -18.2. The van der Waals surface area contributed by atoms with E-state index < -0.39 is 42.2 Å². The number of hydrogen-bond donors (Lipinski definition) is 10. The van der Waals surface area contributed by atoms with Crippen LogP contribution in [-0.4, -0.2) is 68.9 Å². The summed E-state index contributed by atoms with van der Waals surface area (Å²) in [6, 6.07) is 0. The summed E-state index contributed by atoms with van der Waals surface area (Å²) >= 11 is 0. The first kappa shape index (κ1) is 27.9. The Bertz CT molecular complexity index is 437. The number of hydrogen-bond acceptors (Lipinski definition) is 6. The van der Waals surface area contributed by atoms with Crippen molar-refractivity contribution in [3.05, 3.63) is 5.21 Å². The molecule has 19 heteroatoms. The molecule has 0 aliphatic carbocycles. The summed E-state index contributed by atoms with van der Waals surface area (Å²) in [5.41, 5.74) is 0. The highest BCUT2D eigenvalue weighted by atomic mass is 31.2. The monoisotopic (exact) mass is 427 g/mol. The number of aliphatic hydroxyl groups is 1. The van der Waals surface area contributed by atoms with Crippen molar-refractivity contribution in [2.24, 2.45) is 0 Å². The summed E-state index contributed by atoms with van der Waals surface area (Å²) in [6.45, 7) is -0.205. The quantitative estimate of drug-likeness (QED) is 0.0872. The molecule has 0 bridgehead atoms. The highest BCUT2D eigenvalue weighted by molar-refractivity contribution is 7.69. The minimum absolute atomic E-state index is 0.205. The first-order chi connectivity index (χ1) is 9.83. The van der Waals surface area contributed by atoms with Crippen molar-refractivity contribution in [3.8, 4) is 0 Å². The van der Waals surface area contributed by atoms with Gasteiger partial charge in [-0.25, -0.2) is 5.16 Å². The Hall–Kier alpha value is 0.0300. The normalized spacial score (nSPS) is 12.9. The topological polar surface area (TPSA) is 287 Å². The van der Waals surface area contributed by atoms with Gasteiger partial charge in [-0.05, 0) is 0 Å². The lowest BCUT2D eigenvalue weighted by Gasteiger charge is -2.03. The summed E-state index contributed by atoms with van der Waals surface area (Å²) < 4.78 is 39.4. The first-order valence-corrected chi connectivity index (χ1v) is 12.0. The van der Waals surface area contributed by atoms with Gasteiger partial charge in [0.25, 0.3) is 0 Å². The largest absolute Gasteiger partial charge is 0.626 e.